The fourth-order valence-corrected chi connectivity index (χ4v) is 1.37. The van der Waals surface area contributed by atoms with E-state index in [0.29, 0.717) is 12.5 Å². The third-order valence-corrected chi connectivity index (χ3v) is 2.16. The molecule has 0 bridgehead atoms. The van der Waals surface area contributed by atoms with E-state index in [1.807, 2.05) is 36.2 Å². The van der Waals surface area contributed by atoms with Crippen LogP contribution in [0.25, 0.3) is 0 Å². The topological polar surface area (TPSA) is 41.6 Å². The van der Waals surface area contributed by atoms with E-state index in [4.69, 9.17) is 17.3 Å². The van der Waals surface area contributed by atoms with E-state index in [-0.39, 0.29) is 0 Å². The molecule has 1 rings (SSSR count). The molecule has 2 N–H and O–H groups in total. The Labute approximate surface area is 89.2 Å². The predicted octanol–water partition coefficient (Wildman–Crippen LogP) is 1.72. The monoisotopic (exact) mass is 211 g/mol. The van der Waals surface area contributed by atoms with Crippen molar-refractivity contribution in [2.75, 3.05) is 14.1 Å². The number of hydrogen-bond acceptors (Lipinski definition) is 1. The second-order valence-corrected chi connectivity index (χ2v) is 3.50. The van der Waals surface area contributed by atoms with Crippen LogP contribution in [0.5, 0.6) is 0 Å². The third-order valence-electron chi connectivity index (χ3n) is 1.93. The van der Waals surface area contributed by atoms with Gasteiger partial charge in [0.15, 0.2) is 5.96 Å². The van der Waals surface area contributed by atoms with Gasteiger partial charge in [-0.25, -0.2) is 0 Å². The standard InChI is InChI=1S/C10H14ClN3/c1-13-10(12)14(2)7-8-4-3-5-9(11)6-8/h3-6H,7H2,1-2H3,(H2,12,13). The van der Waals surface area contributed by atoms with Crippen LogP contribution in [0.4, 0.5) is 0 Å². The lowest BCUT2D eigenvalue weighted by molar-refractivity contribution is 0.494. The number of nitrogens with zero attached hydrogens (tertiary/aromatic N) is 2. The molecule has 0 atom stereocenters. The summed E-state index contributed by atoms with van der Waals surface area (Å²) in [7, 11) is 3.56. The van der Waals surface area contributed by atoms with Gasteiger partial charge in [-0.2, -0.15) is 0 Å². The van der Waals surface area contributed by atoms with Crippen molar-refractivity contribution >= 4 is 17.6 Å². The van der Waals surface area contributed by atoms with Crippen LogP contribution in [0, 0.1) is 0 Å². The third kappa shape index (κ3) is 2.92. The largest absolute Gasteiger partial charge is 0.370 e. The van der Waals surface area contributed by atoms with Crippen LogP contribution in [-0.4, -0.2) is 25.0 Å². The maximum absolute atomic E-state index is 5.86. The highest BCUT2D eigenvalue weighted by molar-refractivity contribution is 6.30. The molecule has 0 saturated carbocycles. The lowest BCUT2D eigenvalue weighted by Crippen LogP contribution is -2.33. The zero-order valence-electron chi connectivity index (χ0n) is 8.37. The number of benzene rings is 1. The quantitative estimate of drug-likeness (QED) is 0.598. The molecule has 76 valence electrons. The van der Waals surface area contributed by atoms with Gasteiger partial charge in [0.2, 0.25) is 0 Å². The van der Waals surface area contributed by atoms with Crippen LogP contribution in [0.2, 0.25) is 5.02 Å². The average molecular weight is 212 g/mol. The number of nitrogens with two attached hydrogens (primary N) is 1. The molecule has 3 nitrogen and oxygen atoms in total. The zero-order chi connectivity index (χ0) is 10.6. The molecule has 0 aliphatic carbocycles. The highest BCUT2D eigenvalue weighted by Crippen LogP contribution is 2.11. The van der Waals surface area contributed by atoms with E-state index >= 15 is 0 Å². The van der Waals surface area contributed by atoms with Crippen molar-refractivity contribution in [1.29, 1.82) is 0 Å². The molecule has 0 aromatic heterocycles. The number of halogens is 1. The number of hydrogen-bond donors (Lipinski definition) is 1. The van der Waals surface area contributed by atoms with Crippen LogP contribution in [0.3, 0.4) is 0 Å². The molecule has 0 aliphatic rings. The molecule has 0 radical (unpaired) electrons. The first-order chi connectivity index (χ1) is 6.63. The van der Waals surface area contributed by atoms with Crippen molar-refractivity contribution in [2.24, 2.45) is 10.7 Å². The van der Waals surface area contributed by atoms with E-state index < -0.39 is 0 Å². The highest BCUT2D eigenvalue weighted by Gasteiger charge is 2.01. The lowest BCUT2D eigenvalue weighted by Gasteiger charge is -2.17. The summed E-state index contributed by atoms with van der Waals surface area (Å²) >= 11 is 5.86. The van der Waals surface area contributed by atoms with Crippen LogP contribution >= 0.6 is 11.6 Å². The molecule has 0 spiro atoms. The fraction of sp³-hybridized carbons (Fsp3) is 0.300. The van der Waals surface area contributed by atoms with E-state index in [0.717, 1.165) is 10.6 Å². The van der Waals surface area contributed by atoms with Gasteiger partial charge in [-0.3, -0.25) is 4.99 Å². The van der Waals surface area contributed by atoms with Gasteiger partial charge in [-0.05, 0) is 17.7 Å². The van der Waals surface area contributed by atoms with Crippen molar-refractivity contribution < 1.29 is 0 Å². The van der Waals surface area contributed by atoms with Crippen LogP contribution in [0.1, 0.15) is 5.56 Å². The summed E-state index contributed by atoms with van der Waals surface area (Å²) in [5.41, 5.74) is 6.76. The second kappa shape index (κ2) is 4.86. The molecule has 0 saturated heterocycles. The molecule has 0 aliphatic heterocycles. The molecule has 1 aromatic carbocycles. The second-order valence-electron chi connectivity index (χ2n) is 3.07. The van der Waals surface area contributed by atoms with Crippen molar-refractivity contribution in [2.45, 2.75) is 6.54 Å². The van der Waals surface area contributed by atoms with Gasteiger partial charge in [0.25, 0.3) is 0 Å². The Kier molecular flexibility index (Phi) is 3.77. The molecule has 0 fully saturated rings. The Bertz CT molecular complexity index is 336. The Balaban J connectivity index is 2.69. The van der Waals surface area contributed by atoms with Gasteiger partial charge in [-0.15, -0.1) is 0 Å². The van der Waals surface area contributed by atoms with Crippen molar-refractivity contribution in [1.82, 2.24) is 4.90 Å². The highest BCUT2D eigenvalue weighted by atomic mass is 35.5. The number of guanidine groups is 1. The number of aliphatic imine (C=N–C) groups is 1. The van der Waals surface area contributed by atoms with Crippen molar-refractivity contribution in [3.63, 3.8) is 0 Å². The van der Waals surface area contributed by atoms with Crippen molar-refractivity contribution in [3.8, 4) is 0 Å². The summed E-state index contributed by atoms with van der Waals surface area (Å²) in [4.78, 5) is 5.76. The molecule has 14 heavy (non-hydrogen) atoms. The van der Waals surface area contributed by atoms with Gasteiger partial charge in [0.05, 0.1) is 0 Å². The molecule has 0 heterocycles. The van der Waals surface area contributed by atoms with E-state index in [9.17, 15) is 0 Å². The van der Waals surface area contributed by atoms with Gasteiger partial charge < -0.3 is 10.6 Å². The smallest absolute Gasteiger partial charge is 0.191 e. The molecule has 1 aromatic rings. The van der Waals surface area contributed by atoms with Crippen LogP contribution < -0.4 is 5.73 Å². The summed E-state index contributed by atoms with van der Waals surface area (Å²) in [6.45, 7) is 0.712. The van der Waals surface area contributed by atoms with E-state index in [1.54, 1.807) is 7.05 Å². The zero-order valence-corrected chi connectivity index (χ0v) is 9.12. The van der Waals surface area contributed by atoms with E-state index in [2.05, 4.69) is 4.99 Å². The first kappa shape index (κ1) is 10.9. The molecular formula is C10H14ClN3. The van der Waals surface area contributed by atoms with Gasteiger partial charge in [0.1, 0.15) is 0 Å². The predicted molar refractivity (Wildman–Crippen MR) is 60.5 cm³/mol. The Morgan fingerprint density at radius 3 is 2.86 bits per heavy atom. The lowest BCUT2D eigenvalue weighted by atomic mass is 10.2. The van der Waals surface area contributed by atoms with Crippen LogP contribution in [-0.2, 0) is 6.54 Å². The Morgan fingerprint density at radius 1 is 1.57 bits per heavy atom. The summed E-state index contributed by atoms with van der Waals surface area (Å²) in [5, 5.41) is 0.739. The van der Waals surface area contributed by atoms with Gasteiger partial charge in [-0.1, -0.05) is 23.7 Å². The van der Waals surface area contributed by atoms with Crippen LogP contribution in [0.15, 0.2) is 29.3 Å². The first-order valence-corrected chi connectivity index (χ1v) is 4.69. The first-order valence-electron chi connectivity index (χ1n) is 4.31. The Hall–Kier alpha value is -1.22. The number of rotatable bonds is 2. The normalized spacial score (nSPS) is 11.5. The van der Waals surface area contributed by atoms with Gasteiger partial charge >= 0.3 is 0 Å². The maximum Gasteiger partial charge on any atom is 0.191 e. The fourth-order valence-electron chi connectivity index (χ4n) is 1.16. The molecule has 0 amide bonds. The van der Waals surface area contributed by atoms with E-state index in [1.165, 1.54) is 0 Å². The summed E-state index contributed by atoms with van der Waals surface area (Å²) < 4.78 is 0. The SMILES string of the molecule is C/N=C(\N)N(C)Cc1cccc(Cl)c1. The minimum Gasteiger partial charge on any atom is -0.370 e. The Morgan fingerprint density at radius 2 is 2.29 bits per heavy atom. The molecule has 0 unspecified atom stereocenters. The van der Waals surface area contributed by atoms with Gasteiger partial charge in [0, 0.05) is 25.7 Å². The maximum atomic E-state index is 5.86. The summed E-state index contributed by atoms with van der Waals surface area (Å²) in [6.07, 6.45) is 0. The van der Waals surface area contributed by atoms with Crippen molar-refractivity contribution in [3.05, 3.63) is 34.9 Å². The molecular weight excluding hydrogens is 198 g/mol. The summed E-state index contributed by atoms with van der Waals surface area (Å²) in [6, 6.07) is 7.69. The molecule has 4 heteroatoms. The minimum atomic E-state index is 0.518. The average Bonchev–Trinajstić information content (AvgIpc) is 2.16. The minimum absolute atomic E-state index is 0.518. The summed E-state index contributed by atoms with van der Waals surface area (Å²) in [5.74, 6) is 0.518.